The van der Waals surface area contributed by atoms with Gasteiger partial charge < -0.3 is 9.64 Å². The van der Waals surface area contributed by atoms with E-state index in [-0.39, 0.29) is 6.09 Å². The molecule has 1 aliphatic heterocycles. The van der Waals surface area contributed by atoms with Crippen LogP contribution in [-0.2, 0) is 11.2 Å². The van der Waals surface area contributed by atoms with Crippen LogP contribution in [0.25, 0.3) is 0 Å². The van der Waals surface area contributed by atoms with Crippen molar-refractivity contribution >= 4 is 18.7 Å². The first-order valence-electron chi connectivity index (χ1n) is 8.73. The average Bonchev–Trinajstić information content (AvgIpc) is 2.64. The topological polar surface area (TPSA) is 29.5 Å². The van der Waals surface area contributed by atoms with E-state index in [2.05, 4.69) is 24.8 Å². The molecular weight excluding hydrogens is 306 g/mol. The molecule has 0 bridgehead atoms. The molecular formula is C19H29NO2S. The largest absolute Gasteiger partial charge is 0.449 e. The van der Waals surface area contributed by atoms with Crippen LogP contribution in [-0.4, -0.2) is 36.9 Å². The van der Waals surface area contributed by atoms with Gasteiger partial charge in [-0.2, -0.15) is 12.6 Å². The van der Waals surface area contributed by atoms with E-state index in [4.69, 9.17) is 4.74 Å². The third kappa shape index (κ3) is 5.45. The minimum Gasteiger partial charge on any atom is -0.449 e. The van der Waals surface area contributed by atoms with Gasteiger partial charge in [0.1, 0.15) is 0 Å². The van der Waals surface area contributed by atoms with E-state index in [1.54, 1.807) is 6.26 Å². The van der Waals surface area contributed by atoms with Crippen molar-refractivity contribution in [1.29, 1.82) is 0 Å². The number of carbonyl (C=O) groups excluding carboxylic acids is 1. The minimum absolute atomic E-state index is 0.116. The van der Waals surface area contributed by atoms with Gasteiger partial charge in [0.15, 0.2) is 0 Å². The molecule has 1 heterocycles. The summed E-state index contributed by atoms with van der Waals surface area (Å²) in [4.78, 5) is 14.1. The van der Waals surface area contributed by atoms with Crippen LogP contribution in [0, 0.1) is 11.8 Å². The fraction of sp³-hybridized carbons (Fsp3) is 0.632. The molecule has 2 unspecified atom stereocenters. The molecule has 2 fully saturated rings. The number of ether oxygens (including phenoxy) is 1. The monoisotopic (exact) mass is 335 g/mol. The number of benzene rings is 1. The number of hydrogen-bond donors (Lipinski definition) is 1. The summed E-state index contributed by atoms with van der Waals surface area (Å²) >= 11 is 3.53. The SMILES string of the molecule is CS.O=C(OCCc1ccccc1)N1CCC2CCCCC2C1. The number of rotatable bonds is 3. The third-order valence-electron chi connectivity index (χ3n) is 5.01. The van der Waals surface area contributed by atoms with E-state index in [0.29, 0.717) is 12.5 Å². The summed E-state index contributed by atoms with van der Waals surface area (Å²) in [6.07, 6.45) is 8.90. The molecule has 3 rings (SSSR count). The second kappa shape index (κ2) is 9.86. The van der Waals surface area contributed by atoms with Gasteiger partial charge in [0.2, 0.25) is 0 Å². The smallest absolute Gasteiger partial charge is 0.409 e. The van der Waals surface area contributed by atoms with Gasteiger partial charge >= 0.3 is 6.09 Å². The molecule has 1 saturated carbocycles. The van der Waals surface area contributed by atoms with Crippen molar-refractivity contribution in [3.05, 3.63) is 35.9 Å². The zero-order valence-electron chi connectivity index (χ0n) is 14.1. The van der Waals surface area contributed by atoms with Crippen LogP contribution in [0.2, 0.25) is 0 Å². The molecule has 128 valence electrons. The molecule has 2 atom stereocenters. The first kappa shape index (κ1) is 18.2. The number of carbonyl (C=O) groups is 1. The Kier molecular flexibility index (Phi) is 7.80. The minimum atomic E-state index is -0.116. The predicted octanol–water partition coefficient (Wildman–Crippen LogP) is 4.42. The molecule has 1 aromatic carbocycles. The Labute approximate surface area is 145 Å². The number of piperidine rings is 1. The maximum Gasteiger partial charge on any atom is 0.409 e. The Morgan fingerprint density at radius 3 is 2.57 bits per heavy atom. The van der Waals surface area contributed by atoms with Crippen LogP contribution in [0.5, 0.6) is 0 Å². The van der Waals surface area contributed by atoms with Gasteiger partial charge in [-0.25, -0.2) is 4.79 Å². The molecule has 0 aromatic heterocycles. The lowest BCUT2D eigenvalue weighted by Crippen LogP contribution is -2.45. The number of fused-ring (bicyclic) bond motifs is 1. The maximum absolute atomic E-state index is 12.2. The lowest BCUT2D eigenvalue weighted by Gasteiger charge is -2.40. The number of nitrogens with zero attached hydrogens (tertiary/aromatic N) is 1. The van der Waals surface area contributed by atoms with Gasteiger partial charge in [0, 0.05) is 19.5 Å². The molecule has 2 aliphatic rings. The van der Waals surface area contributed by atoms with E-state index < -0.39 is 0 Å². The summed E-state index contributed by atoms with van der Waals surface area (Å²) in [6, 6.07) is 10.2. The molecule has 3 nitrogen and oxygen atoms in total. The van der Waals surface area contributed by atoms with Gasteiger partial charge in [-0.1, -0.05) is 49.6 Å². The quantitative estimate of drug-likeness (QED) is 0.828. The zero-order valence-corrected chi connectivity index (χ0v) is 15.0. The Balaban J connectivity index is 0.000000924. The van der Waals surface area contributed by atoms with Gasteiger partial charge in [-0.05, 0) is 36.5 Å². The van der Waals surface area contributed by atoms with Crippen LogP contribution >= 0.6 is 12.6 Å². The predicted molar refractivity (Wildman–Crippen MR) is 98.0 cm³/mol. The highest BCUT2D eigenvalue weighted by Gasteiger charge is 2.33. The lowest BCUT2D eigenvalue weighted by atomic mass is 9.75. The summed E-state index contributed by atoms with van der Waals surface area (Å²) in [5.41, 5.74) is 1.22. The van der Waals surface area contributed by atoms with Gasteiger partial charge in [0.25, 0.3) is 0 Å². The fourth-order valence-corrected chi connectivity index (χ4v) is 3.76. The van der Waals surface area contributed by atoms with E-state index in [1.807, 2.05) is 23.1 Å². The normalized spacial score (nSPS) is 23.3. The van der Waals surface area contributed by atoms with E-state index in [0.717, 1.165) is 25.4 Å². The molecule has 4 heteroatoms. The van der Waals surface area contributed by atoms with Crippen molar-refractivity contribution in [3.8, 4) is 0 Å². The summed E-state index contributed by atoms with van der Waals surface area (Å²) in [7, 11) is 0. The molecule has 1 amide bonds. The molecule has 1 saturated heterocycles. The number of thiol groups is 1. The van der Waals surface area contributed by atoms with Gasteiger partial charge in [0.05, 0.1) is 6.61 Å². The van der Waals surface area contributed by atoms with E-state index in [1.165, 1.54) is 37.7 Å². The Morgan fingerprint density at radius 1 is 1.13 bits per heavy atom. The van der Waals surface area contributed by atoms with Gasteiger partial charge in [-0.15, -0.1) is 0 Å². The Morgan fingerprint density at radius 2 is 1.83 bits per heavy atom. The van der Waals surface area contributed by atoms with Gasteiger partial charge in [-0.3, -0.25) is 0 Å². The van der Waals surface area contributed by atoms with Crippen LogP contribution in [0.4, 0.5) is 4.79 Å². The highest BCUT2D eigenvalue weighted by molar-refractivity contribution is 7.79. The first-order valence-corrected chi connectivity index (χ1v) is 9.63. The Hall–Kier alpha value is -1.16. The van der Waals surface area contributed by atoms with Crippen molar-refractivity contribution in [2.24, 2.45) is 11.8 Å². The standard InChI is InChI=1S/C18H25NO2.CH4S/c20-18(21-13-11-15-6-2-1-3-7-15)19-12-10-16-8-4-5-9-17(16)14-19;1-2/h1-3,6-7,16-17H,4-5,8-14H2;2H,1H3. The summed E-state index contributed by atoms with van der Waals surface area (Å²) in [5.74, 6) is 1.57. The van der Waals surface area contributed by atoms with Crippen molar-refractivity contribution < 1.29 is 9.53 Å². The van der Waals surface area contributed by atoms with Crippen molar-refractivity contribution in [1.82, 2.24) is 4.90 Å². The average molecular weight is 336 g/mol. The van der Waals surface area contributed by atoms with Crippen molar-refractivity contribution in [3.63, 3.8) is 0 Å². The zero-order chi connectivity index (χ0) is 16.5. The van der Waals surface area contributed by atoms with Crippen LogP contribution in [0.3, 0.4) is 0 Å². The fourth-order valence-electron chi connectivity index (χ4n) is 3.76. The highest BCUT2D eigenvalue weighted by Crippen LogP contribution is 2.36. The number of amides is 1. The van der Waals surface area contributed by atoms with Crippen molar-refractivity contribution in [2.75, 3.05) is 26.0 Å². The number of hydrogen-bond acceptors (Lipinski definition) is 3. The molecule has 0 spiro atoms. The molecule has 1 aromatic rings. The van der Waals surface area contributed by atoms with E-state index in [9.17, 15) is 4.79 Å². The Bertz CT molecular complexity index is 466. The lowest BCUT2D eigenvalue weighted by molar-refractivity contribution is 0.0567. The van der Waals surface area contributed by atoms with Crippen LogP contribution < -0.4 is 0 Å². The highest BCUT2D eigenvalue weighted by atomic mass is 32.1. The summed E-state index contributed by atoms with van der Waals surface area (Å²) in [6.45, 7) is 2.27. The second-order valence-corrected chi connectivity index (χ2v) is 6.39. The maximum atomic E-state index is 12.2. The molecule has 23 heavy (non-hydrogen) atoms. The third-order valence-corrected chi connectivity index (χ3v) is 5.01. The first-order chi connectivity index (χ1) is 11.3. The van der Waals surface area contributed by atoms with Crippen molar-refractivity contribution in [2.45, 2.75) is 38.5 Å². The number of likely N-dealkylation sites (tertiary alicyclic amines) is 1. The molecule has 0 N–H and O–H groups in total. The van der Waals surface area contributed by atoms with E-state index >= 15 is 0 Å². The summed E-state index contributed by atoms with van der Waals surface area (Å²) in [5, 5.41) is 0. The van der Waals surface area contributed by atoms with Crippen LogP contribution in [0.1, 0.15) is 37.7 Å². The molecule has 0 radical (unpaired) electrons. The van der Waals surface area contributed by atoms with Crippen LogP contribution in [0.15, 0.2) is 30.3 Å². The second-order valence-electron chi connectivity index (χ2n) is 6.39. The molecule has 1 aliphatic carbocycles. The summed E-state index contributed by atoms with van der Waals surface area (Å²) < 4.78 is 5.45.